The van der Waals surface area contributed by atoms with E-state index >= 15 is 0 Å². The average molecular weight is 361 g/mol. The maximum atomic E-state index is 5.56. The maximum Gasteiger partial charge on any atom is 0.191 e. The Morgan fingerprint density at radius 3 is 2.46 bits per heavy atom. The fourth-order valence-corrected chi connectivity index (χ4v) is 3.13. The Morgan fingerprint density at radius 1 is 1.04 bits per heavy atom. The van der Waals surface area contributed by atoms with Crippen LogP contribution in [0.1, 0.15) is 50.2 Å². The molecule has 2 N–H and O–H groups in total. The second kappa shape index (κ2) is 12.7. The predicted molar refractivity (Wildman–Crippen MR) is 109 cm³/mol. The zero-order chi connectivity index (χ0) is 18.5. The smallest absolute Gasteiger partial charge is 0.191 e. The van der Waals surface area contributed by atoms with Crippen molar-refractivity contribution < 1.29 is 4.74 Å². The van der Waals surface area contributed by atoms with Gasteiger partial charge in [-0.1, -0.05) is 44.0 Å². The third-order valence-corrected chi connectivity index (χ3v) is 4.74. The Hall–Kier alpha value is -1.59. The number of hydrogen-bond donors (Lipinski definition) is 2. The number of ether oxygens (including phenoxy) is 1. The van der Waals surface area contributed by atoms with E-state index in [2.05, 4.69) is 51.7 Å². The average Bonchev–Trinajstić information content (AvgIpc) is 2.69. The number of guanidine groups is 1. The van der Waals surface area contributed by atoms with Crippen molar-refractivity contribution in [1.29, 1.82) is 0 Å². The first-order valence-corrected chi connectivity index (χ1v) is 10.1. The lowest BCUT2D eigenvalue weighted by Crippen LogP contribution is -2.38. The molecule has 0 bridgehead atoms. The van der Waals surface area contributed by atoms with E-state index in [1.165, 1.54) is 49.9 Å². The molecule has 5 heteroatoms. The van der Waals surface area contributed by atoms with Crippen LogP contribution in [0.4, 0.5) is 0 Å². The molecule has 0 radical (unpaired) electrons. The monoisotopic (exact) mass is 360 g/mol. The molecule has 1 aromatic rings. The molecule has 0 aromatic heterocycles. The van der Waals surface area contributed by atoms with Crippen LogP contribution < -0.4 is 10.6 Å². The molecule has 0 saturated carbocycles. The minimum Gasteiger partial charge on any atom is -0.380 e. The number of piperidine rings is 1. The lowest BCUT2D eigenvalue weighted by atomic mass is 10.1. The third kappa shape index (κ3) is 8.19. The van der Waals surface area contributed by atoms with Gasteiger partial charge in [-0.15, -0.1) is 0 Å². The molecular formula is C21H36N4O. The molecule has 2 rings (SSSR count). The van der Waals surface area contributed by atoms with Crippen molar-refractivity contribution in [1.82, 2.24) is 15.5 Å². The van der Waals surface area contributed by atoms with E-state index in [0.717, 1.165) is 38.6 Å². The van der Waals surface area contributed by atoms with Crippen LogP contribution >= 0.6 is 0 Å². The molecule has 1 aliphatic rings. The van der Waals surface area contributed by atoms with Crippen LogP contribution in [0.5, 0.6) is 0 Å². The van der Waals surface area contributed by atoms with Crippen LogP contribution in [0, 0.1) is 0 Å². The molecule has 1 heterocycles. The van der Waals surface area contributed by atoms with E-state index < -0.39 is 0 Å². The zero-order valence-electron chi connectivity index (χ0n) is 16.6. The Morgan fingerprint density at radius 2 is 1.77 bits per heavy atom. The minimum absolute atomic E-state index is 0.714. The van der Waals surface area contributed by atoms with Gasteiger partial charge >= 0.3 is 0 Å². The fourth-order valence-electron chi connectivity index (χ4n) is 3.13. The Bertz CT molecular complexity index is 509. The van der Waals surface area contributed by atoms with Crippen LogP contribution in [0.25, 0.3) is 0 Å². The van der Waals surface area contributed by atoms with Gasteiger partial charge in [-0.2, -0.15) is 0 Å². The molecule has 1 fully saturated rings. The summed E-state index contributed by atoms with van der Waals surface area (Å²) < 4.78 is 5.56. The lowest BCUT2D eigenvalue weighted by molar-refractivity contribution is 0.136. The molecule has 1 aliphatic heterocycles. The van der Waals surface area contributed by atoms with Crippen LogP contribution in [-0.2, 0) is 17.8 Å². The third-order valence-electron chi connectivity index (χ3n) is 4.74. The SMILES string of the molecule is CCCCOCCNC(=NC)NCc1ccc(CN2CCCCC2)cc1. The highest BCUT2D eigenvalue weighted by Gasteiger charge is 2.10. The summed E-state index contributed by atoms with van der Waals surface area (Å²) in [6.45, 7) is 8.85. The summed E-state index contributed by atoms with van der Waals surface area (Å²) in [6, 6.07) is 8.94. The van der Waals surface area contributed by atoms with Crippen molar-refractivity contribution in [2.24, 2.45) is 4.99 Å². The standard InChI is InChI=1S/C21H36N4O/c1-3-4-15-26-16-12-23-21(22-2)24-17-19-8-10-20(11-9-19)18-25-13-6-5-7-14-25/h8-11H,3-7,12-18H2,1-2H3,(H2,22,23,24). The molecule has 0 amide bonds. The molecule has 1 aromatic carbocycles. The van der Waals surface area contributed by atoms with E-state index in [9.17, 15) is 0 Å². The summed E-state index contributed by atoms with van der Waals surface area (Å²) in [6.07, 6.45) is 6.38. The lowest BCUT2D eigenvalue weighted by Gasteiger charge is -2.26. The number of aliphatic imine (C=N–C) groups is 1. The van der Waals surface area contributed by atoms with Gasteiger partial charge in [-0.25, -0.2) is 0 Å². The number of benzene rings is 1. The topological polar surface area (TPSA) is 48.9 Å². The number of hydrogen-bond acceptors (Lipinski definition) is 3. The number of nitrogens with zero attached hydrogens (tertiary/aromatic N) is 2. The summed E-state index contributed by atoms with van der Waals surface area (Å²) >= 11 is 0. The van der Waals surface area contributed by atoms with Gasteiger partial charge in [-0.05, 0) is 43.5 Å². The van der Waals surface area contributed by atoms with Gasteiger partial charge in [0.25, 0.3) is 0 Å². The van der Waals surface area contributed by atoms with Crippen molar-refractivity contribution in [3.05, 3.63) is 35.4 Å². The molecule has 26 heavy (non-hydrogen) atoms. The van der Waals surface area contributed by atoms with Crippen LogP contribution in [0.2, 0.25) is 0 Å². The van der Waals surface area contributed by atoms with Gasteiger partial charge in [0.05, 0.1) is 6.61 Å². The van der Waals surface area contributed by atoms with E-state index in [0.29, 0.717) is 6.61 Å². The molecule has 146 valence electrons. The summed E-state index contributed by atoms with van der Waals surface area (Å²) in [5.74, 6) is 0.821. The first-order chi connectivity index (χ1) is 12.8. The molecule has 0 aliphatic carbocycles. The Labute approximate surface area is 159 Å². The van der Waals surface area contributed by atoms with Gasteiger partial charge in [0.2, 0.25) is 0 Å². The second-order valence-corrected chi connectivity index (χ2v) is 6.97. The number of likely N-dealkylation sites (tertiary alicyclic amines) is 1. The normalized spacial score (nSPS) is 15.8. The molecule has 0 spiro atoms. The zero-order valence-corrected chi connectivity index (χ0v) is 16.6. The summed E-state index contributed by atoms with van der Waals surface area (Å²) in [4.78, 5) is 6.82. The molecule has 1 saturated heterocycles. The first-order valence-electron chi connectivity index (χ1n) is 10.1. The van der Waals surface area contributed by atoms with E-state index in [-0.39, 0.29) is 0 Å². The highest BCUT2D eigenvalue weighted by Crippen LogP contribution is 2.13. The molecule has 5 nitrogen and oxygen atoms in total. The van der Waals surface area contributed by atoms with Crippen molar-refractivity contribution in [3.8, 4) is 0 Å². The van der Waals surface area contributed by atoms with Crippen LogP contribution in [-0.4, -0.2) is 50.8 Å². The van der Waals surface area contributed by atoms with Gasteiger partial charge in [0.1, 0.15) is 0 Å². The minimum atomic E-state index is 0.714. The first kappa shape index (κ1) is 20.7. The maximum absolute atomic E-state index is 5.56. The largest absolute Gasteiger partial charge is 0.380 e. The van der Waals surface area contributed by atoms with Gasteiger partial charge < -0.3 is 15.4 Å². The summed E-state index contributed by atoms with van der Waals surface area (Å²) in [5.41, 5.74) is 2.68. The van der Waals surface area contributed by atoms with Crippen molar-refractivity contribution in [2.75, 3.05) is 39.9 Å². The number of nitrogens with one attached hydrogen (secondary N) is 2. The predicted octanol–water partition coefficient (Wildman–Crippen LogP) is 3.15. The van der Waals surface area contributed by atoms with Crippen LogP contribution in [0.15, 0.2) is 29.3 Å². The van der Waals surface area contributed by atoms with Gasteiger partial charge in [0, 0.05) is 33.3 Å². The highest BCUT2D eigenvalue weighted by molar-refractivity contribution is 5.79. The van der Waals surface area contributed by atoms with Crippen molar-refractivity contribution in [3.63, 3.8) is 0 Å². The summed E-state index contributed by atoms with van der Waals surface area (Å²) in [7, 11) is 1.80. The highest BCUT2D eigenvalue weighted by atomic mass is 16.5. The molecule has 0 unspecified atom stereocenters. The number of rotatable bonds is 10. The van der Waals surface area contributed by atoms with Gasteiger partial charge in [-0.3, -0.25) is 9.89 Å². The van der Waals surface area contributed by atoms with Crippen molar-refractivity contribution in [2.45, 2.75) is 52.1 Å². The molecule has 0 atom stereocenters. The molecular weight excluding hydrogens is 324 g/mol. The Balaban J connectivity index is 1.65. The second-order valence-electron chi connectivity index (χ2n) is 6.97. The van der Waals surface area contributed by atoms with E-state index in [1.807, 2.05) is 0 Å². The quantitative estimate of drug-likeness (QED) is 0.382. The van der Waals surface area contributed by atoms with E-state index in [4.69, 9.17) is 4.74 Å². The fraction of sp³-hybridized carbons (Fsp3) is 0.667. The van der Waals surface area contributed by atoms with Crippen LogP contribution in [0.3, 0.4) is 0 Å². The Kier molecular flexibility index (Phi) is 10.1. The number of unbranched alkanes of at least 4 members (excludes halogenated alkanes) is 1. The summed E-state index contributed by atoms with van der Waals surface area (Å²) in [5, 5.41) is 6.65. The van der Waals surface area contributed by atoms with E-state index in [1.54, 1.807) is 7.05 Å². The van der Waals surface area contributed by atoms with Gasteiger partial charge in [0.15, 0.2) is 5.96 Å². The van der Waals surface area contributed by atoms with Crippen molar-refractivity contribution >= 4 is 5.96 Å².